The van der Waals surface area contributed by atoms with Gasteiger partial charge in [-0.2, -0.15) is 27.1 Å². The Labute approximate surface area is 328 Å². The second kappa shape index (κ2) is 17.0. The Morgan fingerprint density at radius 2 is 1.46 bits per heavy atom. The van der Waals surface area contributed by atoms with Crippen LogP contribution in [0.4, 0.5) is 22.7 Å². The number of amides is 1. The summed E-state index contributed by atoms with van der Waals surface area (Å²) < 4.78 is 78.3. The van der Waals surface area contributed by atoms with Gasteiger partial charge in [-0.3, -0.25) is 27.8 Å². The predicted octanol–water partition coefficient (Wildman–Crippen LogP) is 2.57. The second-order valence-corrected chi connectivity index (χ2v) is 14.4. The zero-order valence-corrected chi connectivity index (χ0v) is 33.0. The number of pyridine rings is 1. The van der Waals surface area contributed by atoms with Crippen molar-refractivity contribution in [1.82, 2.24) is 4.57 Å². The van der Waals surface area contributed by atoms with Crippen LogP contribution in [0.15, 0.2) is 102 Å². The molecule has 0 bridgehead atoms. The fourth-order valence-corrected chi connectivity index (χ4v) is 6.01. The Kier molecular flexibility index (Phi) is 14.7. The summed E-state index contributed by atoms with van der Waals surface area (Å²) in [7, 11) is -14.0. The van der Waals surface area contributed by atoms with Crippen LogP contribution in [0.1, 0.15) is 21.5 Å². The zero-order valence-electron chi connectivity index (χ0n) is 26.4. The Hall–Kier alpha value is -2.95. The maximum absolute atomic E-state index is 13.4. The van der Waals surface area contributed by atoms with Crippen molar-refractivity contribution in [2.75, 3.05) is 0 Å². The molecular formula is C27H25N6Na2O12PS2. The van der Waals surface area contributed by atoms with E-state index >= 15 is 0 Å². The van der Waals surface area contributed by atoms with Crippen molar-refractivity contribution in [2.45, 2.75) is 29.7 Å². The van der Waals surface area contributed by atoms with Crippen molar-refractivity contribution in [3.63, 3.8) is 0 Å². The summed E-state index contributed by atoms with van der Waals surface area (Å²) in [5.41, 5.74) is 3.16. The standard InChI is InChI=1S/C27H25N6O12PS2.2Na/c1-15-23(25(28)34)26(35)33(12-11-16-5-8-20(9-6-16)47(40,41)42)27(36)24(15)32-31-21-10-7-18(14-22(21)48(43,44)45)30-29-17-3-2-4-19(13-17)46(37,38)39;;/h2-10,13-14,35H,11-12H2,1H3,(H2,28,34)(H2,37,38,39)(H,40,41,42)(H,43,44,45);;. The van der Waals surface area contributed by atoms with Crippen molar-refractivity contribution in [3.05, 3.63) is 93.8 Å². The van der Waals surface area contributed by atoms with E-state index in [0.717, 1.165) is 34.9 Å². The number of hydrogen-bond acceptors (Lipinski definition) is 12. The van der Waals surface area contributed by atoms with Crippen molar-refractivity contribution in [3.8, 4) is 5.88 Å². The van der Waals surface area contributed by atoms with Gasteiger partial charge < -0.3 is 20.6 Å². The van der Waals surface area contributed by atoms with E-state index in [0.29, 0.717) is 5.56 Å². The zero-order chi connectivity index (χ0) is 35.6. The van der Waals surface area contributed by atoms with Crippen LogP contribution in [0.3, 0.4) is 0 Å². The predicted molar refractivity (Wildman–Crippen MR) is 180 cm³/mol. The van der Waals surface area contributed by atoms with Gasteiger partial charge in [0.25, 0.3) is 31.7 Å². The molecule has 0 unspecified atom stereocenters. The minimum absolute atomic E-state index is 0. The monoisotopic (exact) mass is 766 g/mol. The molecule has 4 aromatic rings. The number of carbonyl (C=O) groups excluding carboxylic acids is 1. The quantitative estimate of drug-likeness (QED) is 0.0556. The first kappa shape index (κ1) is 43.2. The maximum atomic E-state index is 13.4. The number of rotatable bonds is 11. The van der Waals surface area contributed by atoms with Gasteiger partial charge >= 0.3 is 7.60 Å². The molecule has 0 spiro atoms. The number of aromatic nitrogens is 1. The molecule has 0 atom stereocenters. The minimum atomic E-state index is -4.99. The molecule has 0 fully saturated rings. The van der Waals surface area contributed by atoms with E-state index < -0.39 is 67.0 Å². The summed E-state index contributed by atoms with van der Waals surface area (Å²) >= 11 is 0. The van der Waals surface area contributed by atoms with Crippen molar-refractivity contribution < 1.29 is 50.2 Å². The SMILES string of the molecule is Cc1c(C(N)=O)c(O)n(CCc2ccc(S(=O)(=O)O)cc2)c(=O)c1N=Nc1ccc(N=Nc2cccc(P(=O)(O)O)c2)cc1S(=O)(=O)O.[Na].[Na]. The van der Waals surface area contributed by atoms with Gasteiger partial charge in [-0.15, -0.1) is 10.2 Å². The van der Waals surface area contributed by atoms with Crippen LogP contribution in [0.2, 0.25) is 0 Å². The molecule has 18 nitrogen and oxygen atoms in total. The summed E-state index contributed by atoms with van der Waals surface area (Å²) in [6.45, 7) is 0.967. The molecule has 2 radical (unpaired) electrons. The summed E-state index contributed by atoms with van der Waals surface area (Å²) in [5, 5.41) is 25.7. The van der Waals surface area contributed by atoms with Crippen LogP contribution < -0.4 is 16.6 Å². The number of primary amides is 1. The van der Waals surface area contributed by atoms with E-state index in [-0.39, 0.29) is 99.2 Å². The third-order valence-corrected chi connectivity index (χ3v) is 9.38. The molecule has 254 valence electrons. The summed E-state index contributed by atoms with van der Waals surface area (Å²) in [4.78, 5) is 43.1. The van der Waals surface area contributed by atoms with Crippen LogP contribution in [-0.2, 0) is 37.8 Å². The number of nitrogens with two attached hydrogens (primary N) is 1. The van der Waals surface area contributed by atoms with Crippen LogP contribution in [0.25, 0.3) is 0 Å². The van der Waals surface area contributed by atoms with E-state index in [1.807, 2.05) is 0 Å². The summed E-state index contributed by atoms with van der Waals surface area (Å²) in [5.74, 6) is -1.93. The van der Waals surface area contributed by atoms with Crippen molar-refractivity contribution >= 4 is 121 Å². The Morgan fingerprint density at radius 1 is 0.860 bits per heavy atom. The third-order valence-electron chi connectivity index (χ3n) is 6.67. The van der Waals surface area contributed by atoms with Gasteiger partial charge in [0.15, 0.2) is 5.69 Å². The van der Waals surface area contributed by atoms with Gasteiger partial charge in [0.1, 0.15) is 16.1 Å². The van der Waals surface area contributed by atoms with Gasteiger partial charge in [-0.25, -0.2) is 0 Å². The molecule has 1 aromatic heterocycles. The van der Waals surface area contributed by atoms with Gasteiger partial charge in [0.05, 0.1) is 21.6 Å². The molecule has 23 heteroatoms. The van der Waals surface area contributed by atoms with Crippen LogP contribution in [-0.4, -0.2) is 110 Å². The van der Waals surface area contributed by atoms with Crippen LogP contribution >= 0.6 is 7.60 Å². The molecule has 1 amide bonds. The average molecular weight is 767 g/mol. The second-order valence-electron chi connectivity index (χ2n) is 9.95. The normalized spacial score (nSPS) is 12.1. The Bertz CT molecular complexity index is 2330. The average Bonchev–Trinajstić information content (AvgIpc) is 2.99. The number of azo groups is 2. The first-order valence-electron chi connectivity index (χ1n) is 13.2. The summed E-state index contributed by atoms with van der Waals surface area (Å²) in [6, 6.07) is 13.1. The third kappa shape index (κ3) is 10.5. The topological polar surface area (TPSA) is 301 Å². The fraction of sp³-hybridized carbons (Fsp3) is 0.111. The molecule has 0 saturated heterocycles. The number of benzene rings is 3. The number of hydrogen-bond donors (Lipinski definition) is 6. The fourth-order valence-electron chi connectivity index (χ4n) is 4.30. The molecular weight excluding hydrogens is 741 g/mol. The van der Waals surface area contributed by atoms with E-state index in [4.69, 9.17) is 10.3 Å². The maximum Gasteiger partial charge on any atom is 0.356 e. The van der Waals surface area contributed by atoms with E-state index in [9.17, 15) is 50.4 Å². The molecule has 50 heavy (non-hydrogen) atoms. The molecule has 3 aromatic carbocycles. The van der Waals surface area contributed by atoms with Crippen LogP contribution in [0.5, 0.6) is 5.88 Å². The van der Waals surface area contributed by atoms with Gasteiger partial charge in [-0.1, -0.05) is 18.2 Å². The van der Waals surface area contributed by atoms with Gasteiger partial charge in [0.2, 0.25) is 5.88 Å². The number of nitrogens with zero attached hydrogens (tertiary/aromatic N) is 5. The molecule has 7 N–H and O–H groups in total. The molecule has 1 heterocycles. The smallest absolute Gasteiger partial charge is 0.356 e. The van der Waals surface area contributed by atoms with Crippen molar-refractivity contribution in [2.24, 2.45) is 26.2 Å². The summed E-state index contributed by atoms with van der Waals surface area (Å²) in [6.07, 6.45) is 0.0175. The molecule has 0 aliphatic rings. The molecule has 0 saturated carbocycles. The largest absolute Gasteiger partial charge is 0.494 e. The Balaban J connectivity index is 0.00000433. The van der Waals surface area contributed by atoms with Crippen molar-refractivity contribution in [1.29, 1.82) is 0 Å². The van der Waals surface area contributed by atoms with Gasteiger partial charge in [0, 0.05) is 71.2 Å². The Morgan fingerprint density at radius 3 is 2.00 bits per heavy atom. The minimum Gasteiger partial charge on any atom is -0.494 e. The first-order chi connectivity index (χ1) is 22.3. The number of carbonyl (C=O) groups is 1. The molecule has 0 aliphatic heterocycles. The van der Waals surface area contributed by atoms with E-state index in [1.165, 1.54) is 43.3 Å². The van der Waals surface area contributed by atoms with Gasteiger partial charge in [-0.05, 0) is 67.4 Å². The molecule has 0 aliphatic carbocycles. The van der Waals surface area contributed by atoms with E-state index in [1.54, 1.807) is 0 Å². The number of aromatic hydroxyl groups is 1. The van der Waals surface area contributed by atoms with E-state index in [2.05, 4.69) is 20.5 Å². The first-order valence-corrected chi connectivity index (χ1v) is 17.7. The molecule has 4 rings (SSSR count). The van der Waals surface area contributed by atoms with Crippen LogP contribution in [0, 0.1) is 6.92 Å². The number of aryl methyl sites for hydroxylation is 1.